The van der Waals surface area contributed by atoms with Gasteiger partial charge in [-0.3, -0.25) is 0 Å². The Kier molecular flexibility index (Phi) is 5.34. The first-order valence-electron chi connectivity index (χ1n) is 14.5. The third-order valence-electron chi connectivity index (χ3n) is 9.13. The van der Waals surface area contributed by atoms with Crippen LogP contribution in [0.2, 0.25) is 0 Å². The highest BCUT2D eigenvalue weighted by Crippen LogP contribution is 2.38. The van der Waals surface area contributed by atoms with Crippen molar-refractivity contribution < 1.29 is 0 Å². The molecule has 0 aliphatic carbocycles. The van der Waals surface area contributed by atoms with Gasteiger partial charge in [-0.25, -0.2) is 0 Å². The van der Waals surface area contributed by atoms with Crippen molar-refractivity contribution in [2.24, 2.45) is 0 Å². The Morgan fingerprint density at radius 3 is 1.32 bits per heavy atom. The summed E-state index contributed by atoms with van der Waals surface area (Å²) in [5, 5.41) is 2.58. The van der Waals surface area contributed by atoms with Crippen LogP contribution in [0.3, 0.4) is 0 Å². The number of hydrogen-bond donors (Lipinski definition) is 0. The van der Waals surface area contributed by atoms with Gasteiger partial charge >= 0.3 is 6.85 Å². The van der Waals surface area contributed by atoms with Crippen molar-refractivity contribution in [1.29, 1.82) is 0 Å². The molecule has 0 unspecified atom stereocenters. The first-order chi connectivity index (χ1) is 20.1. The van der Waals surface area contributed by atoms with Crippen LogP contribution in [0, 0.1) is 0 Å². The third-order valence-corrected chi connectivity index (χ3v) is 9.13. The van der Waals surface area contributed by atoms with Gasteiger partial charge in [-0.1, -0.05) is 147 Å². The van der Waals surface area contributed by atoms with E-state index < -0.39 is 0 Å². The van der Waals surface area contributed by atoms with Gasteiger partial charge in [-0.05, 0) is 56.4 Å². The Morgan fingerprint density at radius 2 is 0.854 bits per heavy atom. The molecule has 7 aromatic rings. The van der Waals surface area contributed by atoms with Crippen LogP contribution in [-0.4, -0.2) is 11.3 Å². The molecule has 0 fully saturated rings. The van der Waals surface area contributed by atoms with Crippen molar-refractivity contribution >= 4 is 39.6 Å². The zero-order chi connectivity index (χ0) is 27.6. The predicted octanol–water partition coefficient (Wildman–Crippen LogP) is 8.42. The molecule has 1 aliphatic rings. The molecule has 41 heavy (non-hydrogen) atoms. The van der Waals surface area contributed by atoms with Gasteiger partial charge in [0.15, 0.2) is 0 Å². The van der Waals surface area contributed by atoms with Gasteiger partial charge < -0.3 is 4.48 Å². The Balaban J connectivity index is 1.50. The van der Waals surface area contributed by atoms with Crippen LogP contribution in [0.1, 0.15) is 25.0 Å². The summed E-state index contributed by atoms with van der Waals surface area (Å²) in [6.07, 6.45) is 0. The van der Waals surface area contributed by atoms with E-state index in [0.29, 0.717) is 0 Å². The van der Waals surface area contributed by atoms with Crippen LogP contribution in [0.25, 0.3) is 44.1 Å². The molecule has 0 radical (unpaired) electrons. The summed E-state index contributed by atoms with van der Waals surface area (Å²) in [6.45, 7) is 4.80. The fourth-order valence-electron chi connectivity index (χ4n) is 7.15. The maximum absolute atomic E-state index is 2.62. The van der Waals surface area contributed by atoms with E-state index >= 15 is 0 Å². The summed E-state index contributed by atoms with van der Waals surface area (Å²) in [6, 6.07) is 53.6. The lowest BCUT2D eigenvalue weighted by Gasteiger charge is -2.39. The highest BCUT2D eigenvalue weighted by atomic mass is 14.9. The number of aromatic nitrogens is 1. The van der Waals surface area contributed by atoms with E-state index in [-0.39, 0.29) is 12.3 Å². The van der Waals surface area contributed by atoms with Gasteiger partial charge in [0.1, 0.15) is 0 Å². The largest absolute Gasteiger partial charge is 0.376 e. The number of benzene rings is 6. The van der Waals surface area contributed by atoms with Crippen molar-refractivity contribution in [3.63, 3.8) is 0 Å². The molecule has 2 heterocycles. The normalized spacial score (nSPS) is 13.8. The Labute approximate surface area is 241 Å². The topological polar surface area (TPSA) is 4.93 Å². The van der Waals surface area contributed by atoms with E-state index in [9.17, 15) is 0 Å². The summed E-state index contributed by atoms with van der Waals surface area (Å²) < 4.78 is 2.62. The SMILES string of the molecule is CC1(C)c2ccccc2B(n2c3cc(-c4ccccc4)ccc3c3ccc(-c4ccccc4)cc32)c2ccccc21. The number of hydrogen-bond acceptors (Lipinski definition) is 0. The molecule has 1 nitrogen and oxygen atoms in total. The highest BCUT2D eigenvalue weighted by Gasteiger charge is 2.41. The molecule has 2 heteroatoms. The molecule has 1 aromatic heterocycles. The Bertz CT molecular complexity index is 1920. The van der Waals surface area contributed by atoms with Gasteiger partial charge in [0, 0.05) is 27.2 Å². The molecule has 0 N–H and O–H groups in total. The van der Waals surface area contributed by atoms with Crippen molar-refractivity contribution in [1.82, 2.24) is 4.48 Å². The zero-order valence-electron chi connectivity index (χ0n) is 23.4. The van der Waals surface area contributed by atoms with Gasteiger partial charge in [0.25, 0.3) is 0 Å². The Morgan fingerprint density at radius 1 is 0.439 bits per heavy atom. The number of nitrogens with zero attached hydrogens (tertiary/aromatic N) is 1. The van der Waals surface area contributed by atoms with E-state index in [1.54, 1.807) is 0 Å². The molecule has 0 amide bonds. The smallest absolute Gasteiger partial charge is 0.328 e. The van der Waals surface area contributed by atoms with Crippen molar-refractivity contribution in [2.75, 3.05) is 0 Å². The average Bonchev–Trinajstić information content (AvgIpc) is 3.35. The fraction of sp³-hybridized carbons (Fsp3) is 0.0769. The van der Waals surface area contributed by atoms with Gasteiger partial charge in [0.2, 0.25) is 0 Å². The van der Waals surface area contributed by atoms with Crippen LogP contribution in [-0.2, 0) is 5.41 Å². The van der Waals surface area contributed by atoms with E-state index in [1.807, 2.05) is 0 Å². The summed E-state index contributed by atoms with van der Waals surface area (Å²) in [4.78, 5) is 0. The quantitative estimate of drug-likeness (QED) is 0.205. The maximum atomic E-state index is 2.62. The molecular formula is C39H30BN. The third kappa shape index (κ3) is 3.64. The molecule has 0 saturated heterocycles. The monoisotopic (exact) mass is 523 g/mol. The molecule has 8 rings (SSSR count). The summed E-state index contributed by atoms with van der Waals surface area (Å²) in [5.74, 6) is 0. The van der Waals surface area contributed by atoms with E-state index in [1.165, 1.54) is 66.1 Å². The van der Waals surface area contributed by atoms with Crippen molar-refractivity contribution in [2.45, 2.75) is 19.3 Å². The first-order valence-corrected chi connectivity index (χ1v) is 14.5. The minimum Gasteiger partial charge on any atom is -0.376 e. The van der Waals surface area contributed by atoms with E-state index in [0.717, 1.165) is 0 Å². The molecule has 0 atom stereocenters. The van der Waals surface area contributed by atoms with Gasteiger partial charge in [-0.2, -0.15) is 0 Å². The second-order valence-corrected chi connectivity index (χ2v) is 11.8. The van der Waals surface area contributed by atoms with Gasteiger partial charge in [0.05, 0.1) is 0 Å². The van der Waals surface area contributed by atoms with Gasteiger partial charge in [-0.15, -0.1) is 0 Å². The first kappa shape index (κ1) is 24.0. The number of rotatable bonds is 3. The fourth-order valence-corrected chi connectivity index (χ4v) is 7.15. The van der Waals surface area contributed by atoms with Crippen LogP contribution < -0.4 is 10.9 Å². The second-order valence-electron chi connectivity index (χ2n) is 11.8. The standard InChI is InChI=1S/C39H30BN/c1-39(2)33-17-9-11-19-35(33)40(36-20-12-10-18-34(36)39)41-37-25-29(27-13-5-3-6-14-27)21-23-31(37)32-24-22-30(26-38(32)41)28-15-7-4-8-16-28/h3-26H,1-2H3. The van der Waals surface area contributed by atoms with Crippen LogP contribution in [0.4, 0.5) is 0 Å². The molecular weight excluding hydrogens is 493 g/mol. The molecule has 0 spiro atoms. The number of fused-ring (bicyclic) bond motifs is 5. The summed E-state index contributed by atoms with van der Waals surface area (Å²) in [7, 11) is 0. The van der Waals surface area contributed by atoms with Crippen LogP contribution >= 0.6 is 0 Å². The lowest BCUT2D eigenvalue weighted by atomic mass is 9.41. The Hall–Kier alpha value is -4.82. The average molecular weight is 523 g/mol. The van der Waals surface area contributed by atoms with Crippen LogP contribution in [0.15, 0.2) is 146 Å². The predicted molar refractivity (Wildman–Crippen MR) is 176 cm³/mol. The molecule has 0 bridgehead atoms. The lowest BCUT2D eigenvalue weighted by molar-refractivity contribution is 0.645. The van der Waals surface area contributed by atoms with Crippen molar-refractivity contribution in [3.8, 4) is 22.3 Å². The molecule has 1 aliphatic heterocycles. The van der Waals surface area contributed by atoms with E-state index in [2.05, 4.69) is 164 Å². The molecule has 194 valence electrons. The minimum atomic E-state index is -0.0765. The summed E-state index contributed by atoms with van der Waals surface area (Å²) in [5.41, 5.74) is 13.0. The maximum Gasteiger partial charge on any atom is 0.328 e. The van der Waals surface area contributed by atoms with Crippen LogP contribution in [0.5, 0.6) is 0 Å². The van der Waals surface area contributed by atoms with Crippen molar-refractivity contribution in [3.05, 3.63) is 157 Å². The van der Waals surface area contributed by atoms with E-state index in [4.69, 9.17) is 0 Å². The summed E-state index contributed by atoms with van der Waals surface area (Å²) >= 11 is 0. The molecule has 0 saturated carbocycles. The zero-order valence-corrected chi connectivity index (χ0v) is 23.4. The highest BCUT2D eigenvalue weighted by molar-refractivity contribution is 6.86. The lowest BCUT2D eigenvalue weighted by Crippen LogP contribution is -2.58. The minimum absolute atomic E-state index is 0.0625. The second kappa shape index (κ2) is 9.11. The molecule has 6 aromatic carbocycles.